The first-order valence-corrected chi connectivity index (χ1v) is 11.8. The van der Waals surface area contributed by atoms with Gasteiger partial charge >= 0.3 is 0 Å². The molecule has 0 unspecified atom stereocenters. The molecule has 0 atom stereocenters. The molecule has 2 amide bonds. The molecule has 0 aliphatic carbocycles. The fraction of sp³-hybridized carbons (Fsp3) is 0.318. The average molecular weight is 441 g/mol. The van der Waals surface area contributed by atoms with E-state index in [2.05, 4.69) is 22.1 Å². The third kappa shape index (κ3) is 4.94. The van der Waals surface area contributed by atoms with E-state index in [1.54, 1.807) is 0 Å². The van der Waals surface area contributed by atoms with Crippen LogP contribution in [0.25, 0.3) is 0 Å². The number of nitrogens with zero attached hydrogens (tertiary/aromatic N) is 3. The first kappa shape index (κ1) is 20.7. The molecule has 1 aromatic carbocycles. The summed E-state index contributed by atoms with van der Waals surface area (Å²) in [7, 11) is 0. The van der Waals surface area contributed by atoms with E-state index in [-0.39, 0.29) is 11.8 Å². The van der Waals surface area contributed by atoms with Gasteiger partial charge in [-0.3, -0.25) is 9.59 Å². The standard InChI is InChI=1S/C22H24N4O2S2/c1-16-18(14-17-6-3-2-4-7-17)24-22(23-16)30-15-20(27)25-9-11-26(12-10-25)21(28)19-8-5-13-29-19/h2-8,13H,9-12,14-15H2,1H3,(H,23,24). The van der Waals surface area contributed by atoms with Crippen molar-refractivity contribution in [1.29, 1.82) is 0 Å². The number of aryl methyl sites for hydroxylation is 1. The van der Waals surface area contributed by atoms with Gasteiger partial charge in [0.2, 0.25) is 5.91 Å². The van der Waals surface area contributed by atoms with Crippen LogP contribution in [0, 0.1) is 6.92 Å². The lowest BCUT2D eigenvalue weighted by molar-refractivity contribution is -0.129. The quantitative estimate of drug-likeness (QED) is 0.596. The maximum atomic E-state index is 12.6. The molecule has 6 nitrogen and oxygen atoms in total. The number of hydrogen-bond acceptors (Lipinski definition) is 5. The highest BCUT2D eigenvalue weighted by Gasteiger charge is 2.25. The van der Waals surface area contributed by atoms with Crippen LogP contribution >= 0.6 is 23.1 Å². The summed E-state index contributed by atoms with van der Waals surface area (Å²) < 4.78 is 0. The Balaban J connectivity index is 1.26. The van der Waals surface area contributed by atoms with Crippen molar-refractivity contribution in [1.82, 2.24) is 19.8 Å². The molecule has 156 valence electrons. The monoisotopic (exact) mass is 440 g/mol. The normalized spacial score (nSPS) is 14.2. The van der Waals surface area contributed by atoms with Gasteiger partial charge in [-0.05, 0) is 23.9 Å². The summed E-state index contributed by atoms with van der Waals surface area (Å²) in [6.07, 6.45) is 0.776. The summed E-state index contributed by atoms with van der Waals surface area (Å²) in [4.78, 5) is 37.4. The number of H-pyrrole nitrogens is 1. The van der Waals surface area contributed by atoms with E-state index in [0.29, 0.717) is 31.9 Å². The third-order valence-electron chi connectivity index (χ3n) is 5.16. The predicted octanol–water partition coefficient (Wildman–Crippen LogP) is 3.45. The van der Waals surface area contributed by atoms with Crippen LogP contribution in [0.4, 0.5) is 0 Å². The third-order valence-corrected chi connectivity index (χ3v) is 6.88. The lowest BCUT2D eigenvalue weighted by atomic mass is 10.1. The number of thioether (sulfide) groups is 1. The Morgan fingerprint density at radius 1 is 1.07 bits per heavy atom. The molecule has 0 saturated carbocycles. The second-order valence-electron chi connectivity index (χ2n) is 7.21. The molecule has 8 heteroatoms. The zero-order chi connectivity index (χ0) is 20.9. The minimum absolute atomic E-state index is 0.0588. The van der Waals surface area contributed by atoms with E-state index in [0.717, 1.165) is 27.8 Å². The van der Waals surface area contributed by atoms with Gasteiger partial charge in [0.15, 0.2) is 5.16 Å². The minimum atomic E-state index is 0.0588. The number of amides is 2. The van der Waals surface area contributed by atoms with Crippen molar-refractivity contribution >= 4 is 34.9 Å². The number of carbonyl (C=O) groups excluding carboxylic acids is 2. The molecule has 30 heavy (non-hydrogen) atoms. The van der Waals surface area contributed by atoms with Crippen molar-refractivity contribution in [3.05, 3.63) is 69.7 Å². The Morgan fingerprint density at radius 3 is 2.50 bits per heavy atom. The van der Waals surface area contributed by atoms with Crippen molar-refractivity contribution in [2.24, 2.45) is 0 Å². The molecule has 1 aliphatic heterocycles. The van der Waals surface area contributed by atoms with Crippen LogP contribution in [0.1, 0.15) is 26.6 Å². The van der Waals surface area contributed by atoms with E-state index in [4.69, 9.17) is 0 Å². The highest BCUT2D eigenvalue weighted by Crippen LogP contribution is 2.20. The van der Waals surface area contributed by atoms with E-state index in [1.165, 1.54) is 28.7 Å². The summed E-state index contributed by atoms with van der Waals surface area (Å²) in [5.41, 5.74) is 3.26. The average Bonchev–Trinajstić information content (AvgIpc) is 3.43. The molecule has 3 heterocycles. The van der Waals surface area contributed by atoms with Crippen molar-refractivity contribution in [3.8, 4) is 0 Å². The summed E-state index contributed by atoms with van der Waals surface area (Å²) in [5, 5.41) is 2.68. The zero-order valence-electron chi connectivity index (χ0n) is 16.8. The zero-order valence-corrected chi connectivity index (χ0v) is 18.5. The number of hydrogen-bond donors (Lipinski definition) is 1. The number of nitrogens with one attached hydrogen (secondary N) is 1. The van der Waals surface area contributed by atoms with Crippen molar-refractivity contribution in [2.45, 2.75) is 18.5 Å². The number of rotatable bonds is 6. The number of piperazine rings is 1. The number of imidazole rings is 1. The summed E-state index contributed by atoms with van der Waals surface area (Å²) in [6.45, 7) is 4.32. The number of benzene rings is 1. The van der Waals surface area contributed by atoms with Crippen molar-refractivity contribution < 1.29 is 9.59 Å². The fourth-order valence-electron chi connectivity index (χ4n) is 3.43. The highest BCUT2D eigenvalue weighted by molar-refractivity contribution is 7.99. The van der Waals surface area contributed by atoms with Crippen LogP contribution in [0.5, 0.6) is 0 Å². The number of aromatic amines is 1. The second-order valence-corrected chi connectivity index (χ2v) is 9.13. The van der Waals surface area contributed by atoms with Crippen LogP contribution in [-0.2, 0) is 11.2 Å². The van der Waals surface area contributed by atoms with Crippen LogP contribution in [0.15, 0.2) is 53.0 Å². The van der Waals surface area contributed by atoms with Crippen molar-refractivity contribution in [2.75, 3.05) is 31.9 Å². The molecule has 2 aromatic heterocycles. The lowest BCUT2D eigenvalue weighted by Crippen LogP contribution is -2.51. The number of thiophene rings is 1. The Hall–Kier alpha value is -2.58. The van der Waals surface area contributed by atoms with Crippen LogP contribution in [0.2, 0.25) is 0 Å². The van der Waals surface area contributed by atoms with Gasteiger partial charge < -0.3 is 14.8 Å². The van der Waals surface area contributed by atoms with Crippen molar-refractivity contribution in [3.63, 3.8) is 0 Å². The van der Waals surface area contributed by atoms with E-state index in [9.17, 15) is 9.59 Å². The molecule has 4 rings (SSSR count). The van der Waals surface area contributed by atoms with E-state index < -0.39 is 0 Å². The van der Waals surface area contributed by atoms with Crippen LogP contribution in [-0.4, -0.2) is 63.5 Å². The molecule has 0 bridgehead atoms. The van der Waals surface area contributed by atoms with Gasteiger partial charge in [0.1, 0.15) is 0 Å². The van der Waals surface area contributed by atoms with Gasteiger partial charge in [-0.1, -0.05) is 48.2 Å². The first-order chi connectivity index (χ1) is 14.6. The molecule has 1 fully saturated rings. The number of carbonyl (C=O) groups is 2. The molecule has 1 saturated heterocycles. The molecule has 3 aromatic rings. The maximum absolute atomic E-state index is 12.6. The summed E-state index contributed by atoms with van der Waals surface area (Å²) >= 11 is 2.89. The van der Waals surface area contributed by atoms with E-state index >= 15 is 0 Å². The van der Waals surface area contributed by atoms with Crippen LogP contribution in [0.3, 0.4) is 0 Å². The lowest BCUT2D eigenvalue weighted by Gasteiger charge is -2.34. The fourth-order valence-corrected chi connectivity index (χ4v) is 4.97. The van der Waals surface area contributed by atoms with Gasteiger partial charge in [0, 0.05) is 38.3 Å². The SMILES string of the molecule is Cc1[nH]c(SCC(=O)N2CCN(C(=O)c3cccs3)CC2)nc1Cc1ccccc1. The smallest absolute Gasteiger partial charge is 0.264 e. The van der Waals surface area contributed by atoms with Crippen LogP contribution < -0.4 is 0 Å². The molecule has 0 spiro atoms. The van der Waals surface area contributed by atoms with Gasteiger partial charge in [0.05, 0.1) is 16.3 Å². The molecule has 1 aliphatic rings. The topological polar surface area (TPSA) is 69.3 Å². The largest absolute Gasteiger partial charge is 0.338 e. The molecular formula is C22H24N4O2S2. The van der Waals surface area contributed by atoms with Gasteiger partial charge in [-0.25, -0.2) is 4.98 Å². The second kappa shape index (κ2) is 9.49. The van der Waals surface area contributed by atoms with Gasteiger partial charge in [-0.2, -0.15) is 0 Å². The Kier molecular flexibility index (Phi) is 6.54. The Labute approximate surface area is 184 Å². The maximum Gasteiger partial charge on any atom is 0.264 e. The predicted molar refractivity (Wildman–Crippen MR) is 120 cm³/mol. The molecule has 1 N–H and O–H groups in total. The number of aromatic nitrogens is 2. The van der Waals surface area contributed by atoms with E-state index in [1.807, 2.05) is 52.4 Å². The Morgan fingerprint density at radius 2 is 1.80 bits per heavy atom. The highest BCUT2D eigenvalue weighted by atomic mass is 32.2. The van der Waals surface area contributed by atoms with Gasteiger partial charge in [-0.15, -0.1) is 11.3 Å². The molecular weight excluding hydrogens is 416 g/mol. The van der Waals surface area contributed by atoms with Gasteiger partial charge in [0.25, 0.3) is 5.91 Å². The minimum Gasteiger partial charge on any atom is -0.338 e. The summed E-state index contributed by atoms with van der Waals surface area (Å²) in [6, 6.07) is 14.0. The Bertz CT molecular complexity index is 994. The molecule has 0 radical (unpaired) electrons. The summed E-state index contributed by atoms with van der Waals surface area (Å²) in [5.74, 6) is 0.488. The first-order valence-electron chi connectivity index (χ1n) is 9.93.